The van der Waals surface area contributed by atoms with Crippen LogP contribution in [0, 0.1) is 6.92 Å². The number of benzene rings is 2. The van der Waals surface area contributed by atoms with Crippen molar-refractivity contribution >= 4 is 5.97 Å². The van der Waals surface area contributed by atoms with Gasteiger partial charge in [0.15, 0.2) is 5.69 Å². The molecular weight excluding hydrogens is 290 g/mol. The van der Waals surface area contributed by atoms with Crippen LogP contribution < -0.4 is 0 Å². The maximum Gasteiger partial charge on any atom is 0.358 e. The van der Waals surface area contributed by atoms with Crippen LogP contribution in [0.25, 0.3) is 11.3 Å². The van der Waals surface area contributed by atoms with Crippen molar-refractivity contribution in [2.24, 2.45) is 0 Å². The minimum atomic E-state index is -1.06. The van der Waals surface area contributed by atoms with Gasteiger partial charge in [0.25, 0.3) is 0 Å². The second kappa shape index (κ2) is 6.44. The van der Waals surface area contributed by atoms with Gasteiger partial charge in [-0.3, -0.25) is 0 Å². The van der Waals surface area contributed by atoms with Gasteiger partial charge in [-0.25, -0.2) is 9.48 Å². The van der Waals surface area contributed by atoms with Gasteiger partial charge in [0.2, 0.25) is 0 Å². The number of aromatic nitrogens is 3. The highest BCUT2D eigenvalue weighted by molar-refractivity contribution is 5.92. The summed E-state index contributed by atoms with van der Waals surface area (Å²) in [6, 6.07) is 17.7. The topological polar surface area (TPSA) is 68.0 Å². The zero-order chi connectivity index (χ0) is 16.2. The van der Waals surface area contributed by atoms with E-state index in [4.69, 9.17) is 0 Å². The molecule has 0 saturated carbocycles. The molecule has 0 fully saturated rings. The van der Waals surface area contributed by atoms with Crippen LogP contribution in [0.1, 0.15) is 21.6 Å². The number of aryl methyl sites for hydroxylation is 3. The smallest absolute Gasteiger partial charge is 0.358 e. The molecule has 0 amide bonds. The molecule has 5 nitrogen and oxygen atoms in total. The normalized spacial score (nSPS) is 10.7. The summed E-state index contributed by atoms with van der Waals surface area (Å²) in [5.41, 5.74) is 3.64. The molecule has 0 unspecified atom stereocenters. The number of carboxylic acid groups (broad SMARTS) is 1. The van der Waals surface area contributed by atoms with Crippen LogP contribution >= 0.6 is 0 Å². The molecule has 1 aromatic heterocycles. The van der Waals surface area contributed by atoms with Gasteiger partial charge in [-0.05, 0) is 18.9 Å². The Balaban J connectivity index is 1.94. The first-order valence-corrected chi connectivity index (χ1v) is 7.43. The van der Waals surface area contributed by atoms with Crippen LogP contribution in [0.5, 0.6) is 0 Å². The summed E-state index contributed by atoms with van der Waals surface area (Å²) in [6.45, 7) is 2.57. The molecule has 0 atom stereocenters. The van der Waals surface area contributed by atoms with Crippen molar-refractivity contribution in [3.05, 3.63) is 71.4 Å². The maximum atomic E-state index is 11.4. The summed E-state index contributed by atoms with van der Waals surface area (Å²) in [7, 11) is 0. The Labute approximate surface area is 134 Å². The molecule has 116 valence electrons. The zero-order valence-electron chi connectivity index (χ0n) is 12.8. The minimum Gasteiger partial charge on any atom is -0.476 e. The van der Waals surface area contributed by atoms with Crippen molar-refractivity contribution in [3.8, 4) is 11.3 Å². The first-order valence-electron chi connectivity index (χ1n) is 7.43. The van der Waals surface area contributed by atoms with E-state index in [0.717, 1.165) is 17.5 Å². The highest BCUT2D eigenvalue weighted by Crippen LogP contribution is 2.23. The molecule has 1 heterocycles. The van der Waals surface area contributed by atoms with Crippen LogP contribution in [0.15, 0.2) is 54.6 Å². The highest BCUT2D eigenvalue weighted by atomic mass is 16.4. The van der Waals surface area contributed by atoms with E-state index in [9.17, 15) is 9.90 Å². The van der Waals surface area contributed by atoms with E-state index in [0.29, 0.717) is 12.2 Å². The maximum absolute atomic E-state index is 11.4. The molecule has 3 aromatic rings. The number of carboxylic acids is 1. The molecule has 0 aliphatic rings. The molecule has 1 N–H and O–H groups in total. The predicted molar refractivity (Wildman–Crippen MR) is 87.3 cm³/mol. The summed E-state index contributed by atoms with van der Waals surface area (Å²) in [5.74, 6) is -1.06. The van der Waals surface area contributed by atoms with E-state index in [1.54, 1.807) is 4.68 Å². The molecule has 0 saturated heterocycles. The monoisotopic (exact) mass is 307 g/mol. The predicted octanol–water partition coefficient (Wildman–Crippen LogP) is 3.19. The molecule has 0 bridgehead atoms. The van der Waals surface area contributed by atoms with Crippen molar-refractivity contribution in [3.63, 3.8) is 0 Å². The largest absolute Gasteiger partial charge is 0.476 e. The lowest BCUT2D eigenvalue weighted by Crippen LogP contribution is -2.07. The van der Waals surface area contributed by atoms with E-state index in [1.165, 1.54) is 5.56 Å². The molecule has 3 rings (SSSR count). The van der Waals surface area contributed by atoms with Crippen molar-refractivity contribution in [2.45, 2.75) is 19.9 Å². The fraction of sp³-hybridized carbons (Fsp3) is 0.167. The Kier molecular flexibility index (Phi) is 4.19. The van der Waals surface area contributed by atoms with Crippen LogP contribution in [-0.2, 0) is 13.0 Å². The number of rotatable bonds is 5. The van der Waals surface area contributed by atoms with Gasteiger partial charge in [0.1, 0.15) is 5.69 Å². The molecule has 23 heavy (non-hydrogen) atoms. The summed E-state index contributed by atoms with van der Waals surface area (Å²) >= 11 is 0. The molecule has 0 spiro atoms. The van der Waals surface area contributed by atoms with Gasteiger partial charge in [0, 0.05) is 12.1 Å². The molecule has 2 aromatic carbocycles. The number of carbonyl (C=O) groups is 1. The number of nitrogens with zero attached hydrogens (tertiary/aromatic N) is 3. The van der Waals surface area contributed by atoms with Crippen LogP contribution in [0.2, 0.25) is 0 Å². The first-order chi connectivity index (χ1) is 11.1. The molecule has 0 aliphatic heterocycles. The second-order valence-corrected chi connectivity index (χ2v) is 5.42. The van der Waals surface area contributed by atoms with Gasteiger partial charge in [-0.1, -0.05) is 65.4 Å². The Morgan fingerprint density at radius 3 is 2.43 bits per heavy atom. The summed E-state index contributed by atoms with van der Waals surface area (Å²) in [4.78, 5) is 11.4. The van der Waals surface area contributed by atoms with Crippen LogP contribution in [-0.4, -0.2) is 26.1 Å². The lowest BCUT2D eigenvalue weighted by atomic mass is 10.1. The third-order valence-electron chi connectivity index (χ3n) is 3.72. The number of hydrogen-bond acceptors (Lipinski definition) is 3. The lowest BCUT2D eigenvalue weighted by molar-refractivity contribution is 0.0691. The van der Waals surface area contributed by atoms with Gasteiger partial charge in [-0.15, -0.1) is 5.10 Å². The van der Waals surface area contributed by atoms with Crippen LogP contribution in [0.3, 0.4) is 0 Å². The Morgan fingerprint density at radius 1 is 1.09 bits per heavy atom. The van der Waals surface area contributed by atoms with Crippen LogP contribution in [0.4, 0.5) is 0 Å². The van der Waals surface area contributed by atoms with E-state index in [1.807, 2.05) is 61.5 Å². The van der Waals surface area contributed by atoms with Crippen molar-refractivity contribution in [1.82, 2.24) is 15.0 Å². The molecule has 0 radical (unpaired) electrons. The van der Waals surface area contributed by atoms with E-state index in [-0.39, 0.29) is 5.69 Å². The van der Waals surface area contributed by atoms with Crippen molar-refractivity contribution in [2.75, 3.05) is 0 Å². The average molecular weight is 307 g/mol. The Morgan fingerprint density at radius 2 is 1.78 bits per heavy atom. The third kappa shape index (κ3) is 3.29. The highest BCUT2D eigenvalue weighted by Gasteiger charge is 2.20. The minimum absolute atomic E-state index is 0.0121. The number of hydrogen-bond donors (Lipinski definition) is 1. The summed E-state index contributed by atoms with van der Waals surface area (Å²) in [6.07, 6.45) is 0.766. The van der Waals surface area contributed by atoms with Gasteiger partial charge < -0.3 is 5.11 Å². The average Bonchev–Trinajstić information content (AvgIpc) is 2.99. The summed E-state index contributed by atoms with van der Waals surface area (Å²) in [5, 5.41) is 17.2. The van der Waals surface area contributed by atoms with Crippen molar-refractivity contribution < 1.29 is 9.90 Å². The molecule has 5 heteroatoms. The lowest BCUT2D eigenvalue weighted by Gasteiger charge is -2.08. The third-order valence-corrected chi connectivity index (χ3v) is 3.72. The van der Waals surface area contributed by atoms with Gasteiger partial charge in [-0.2, -0.15) is 0 Å². The van der Waals surface area contributed by atoms with E-state index >= 15 is 0 Å². The Hall–Kier alpha value is -2.95. The quantitative estimate of drug-likeness (QED) is 0.786. The van der Waals surface area contributed by atoms with Gasteiger partial charge >= 0.3 is 5.97 Å². The fourth-order valence-electron chi connectivity index (χ4n) is 2.49. The number of aromatic carboxylic acids is 1. The standard InChI is InChI=1S/C18H17N3O2/c1-13-7-9-15(10-8-13)17-16(18(22)23)19-20-21(17)12-11-14-5-3-2-4-6-14/h2-10H,11-12H2,1H3,(H,22,23). The fourth-order valence-corrected chi connectivity index (χ4v) is 2.49. The van der Waals surface area contributed by atoms with E-state index < -0.39 is 5.97 Å². The second-order valence-electron chi connectivity index (χ2n) is 5.42. The van der Waals surface area contributed by atoms with E-state index in [2.05, 4.69) is 10.3 Å². The molecule has 0 aliphatic carbocycles. The van der Waals surface area contributed by atoms with Gasteiger partial charge in [0.05, 0.1) is 0 Å². The summed E-state index contributed by atoms with van der Waals surface area (Å²) < 4.78 is 1.67. The zero-order valence-corrected chi connectivity index (χ0v) is 12.8. The van der Waals surface area contributed by atoms with Crippen molar-refractivity contribution in [1.29, 1.82) is 0 Å². The first kappa shape index (κ1) is 15.0. The SMILES string of the molecule is Cc1ccc(-c2c(C(=O)O)nnn2CCc2ccccc2)cc1. The molecular formula is C18H17N3O2. The Bertz CT molecular complexity index is 808.